The molecule has 0 bridgehead atoms. The van der Waals surface area contributed by atoms with E-state index in [1.807, 2.05) is 0 Å². The Morgan fingerprint density at radius 1 is 1.60 bits per heavy atom. The number of rotatable bonds is 1. The van der Waals surface area contributed by atoms with Gasteiger partial charge in [0.2, 0.25) is 0 Å². The molecule has 0 atom stereocenters. The van der Waals surface area contributed by atoms with Crippen molar-refractivity contribution in [2.75, 3.05) is 18.6 Å². The van der Waals surface area contributed by atoms with Gasteiger partial charge in [-0.15, -0.1) is 0 Å². The largest absolute Gasteiger partial charge is 0.465 e. The minimum absolute atomic E-state index is 0.407. The van der Waals surface area contributed by atoms with Crippen molar-refractivity contribution in [3.63, 3.8) is 0 Å². The van der Waals surface area contributed by atoms with Crippen molar-refractivity contribution in [2.24, 2.45) is 0 Å². The molecule has 0 aliphatic carbocycles. The van der Waals surface area contributed by atoms with Crippen LogP contribution in [0.1, 0.15) is 15.9 Å². The third-order valence-corrected chi connectivity index (χ3v) is 1.93. The van der Waals surface area contributed by atoms with Gasteiger partial charge in [0.15, 0.2) is 0 Å². The topological polar surface area (TPSA) is 52.3 Å². The zero-order valence-electron chi connectivity index (χ0n) is 8.28. The number of nitrogens with two attached hydrogens (primary N) is 1. The number of anilines is 1. The van der Waals surface area contributed by atoms with Gasteiger partial charge in [0.1, 0.15) is 0 Å². The quantitative estimate of drug-likeness (QED) is 0.325. The van der Waals surface area contributed by atoms with Crippen LogP contribution in [0.2, 0.25) is 0 Å². The summed E-state index contributed by atoms with van der Waals surface area (Å²) in [6, 6.07) is 4.87. The zero-order chi connectivity index (χ0) is 11.3. The third-order valence-electron chi connectivity index (χ3n) is 1.77. The maximum absolute atomic E-state index is 11.2. The number of carbonyl (C=O) groups is 1. The second-order valence-corrected chi connectivity index (χ2v) is 3.07. The van der Waals surface area contributed by atoms with Crippen LogP contribution in [-0.2, 0) is 4.74 Å². The van der Waals surface area contributed by atoms with Gasteiger partial charge in [-0.25, -0.2) is 4.79 Å². The molecule has 2 N–H and O–H groups in total. The summed E-state index contributed by atoms with van der Waals surface area (Å²) in [5.41, 5.74) is 7.30. The fourth-order valence-electron chi connectivity index (χ4n) is 1.06. The molecule has 0 amide bonds. The minimum Gasteiger partial charge on any atom is -0.465 e. The van der Waals surface area contributed by atoms with Gasteiger partial charge in [-0.1, -0.05) is 11.8 Å². The van der Waals surface area contributed by atoms with Crippen LogP contribution in [-0.4, -0.2) is 18.8 Å². The van der Waals surface area contributed by atoms with E-state index < -0.39 is 5.97 Å². The molecule has 1 rings (SSSR count). The molecule has 0 unspecified atom stereocenters. The third kappa shape index (κ3) is 2.93. The standard InChI is InChI=1S/C11H11NO2S/c1-14-11(13)9-5-4-8(3-2-6-15)10(12)7-9/h4-5,7,15H,6,12H2,1H3. The van der Waals surface area contributed by atoms with E-state index in [4.69, 9.17) is 5.73 Å². The molecule has 0 heterocycles. The van der Waals surface area contributed by atoms with E-state index in [9.17, 15) is 4.79 Å². The number of benzene rings is 1. The average molecular weight is 221 g/mol. The fraction of sp³-hybridized carbons (Fsp3) is 0.182. The van der Waals surface area contributed by atoms with E-state index in [-0.39, 0.29) is 0 Å². The van der Waals surface area contributed by atoms with Crippen molar-refractivity contribution in [3.05, 3.63) is 29.3 Å². The molecule has 0 fully saturated rings. The Labute approximate surface area is 94.0 Å². The monoisotopic (exact) mass is 221 g/mol. The predicted molar refractivity (Wildman–Crippen MR) is 62.9 cm³/mol. The number of carbonyl (C=O) groups excluding carboxylic acids is 1. The maximum Gasteiger partial charge on any atom is 0.337 e. The molecular weight excluding hydrogens is 210 g/mol. The van der Waals surface area contributed by atoms with E-state index in [0.29, 0.717) is 22.6 Å². The van der Waals surface area contributed by atoms with Gasteiger partial charge >= 0.3 is 5.97 Å². The van der Waals surface area contributed by atoms with Crippen molar-refractivity contribution in [2.45, 2.75) is 0 Å². The Balaban J connectivity index is 3.03. The van der Waals surface area contributed by atoms with Gasteiger partial charge in [-0.2, -0.15) is 12.6 Å². The molecule has 0 spiro atoms. The number of nitrogen functional groups attached to an aromatic ring is 1. The smallest absolute Gasteiger partial charge is 0.337 e. The van der Waals surface area contributed by atoms with Crippen molar-refractivity contribution >= 4 is 24.3 Å². The second kappa shape index (κ2) is 5.32. The van der Waals surface area contributed by atoms with E-state index in [2.05, 4.69) is 29.2 Å². The number of thiol groups is 1. The minimum atomic E-state index is -0.407. The summed E-state index contributed by atoms with van der Waals surface area (Å²) in [5.74, 6) is 5.69. The Morgan fingerprint density at radius 3 is 2.87 bits per heavy atom. The lowest BCUT2D eigenvalue weighted by Crippen LogP contribution is -2.02. The Bertz CT molecular complexity index is 432. The van der Waals surface area contributed by atoms with Gasteiger partial charge in [0, 0.05) is 11.3 Å². The number of ether oxygens (including phenoxy) is 1. The molecule has 78 valence electrons. The van der Waals surface area contributed by atoms with Crippen LogP contribution in [0.25, 0.3) is 0 Å². The van der Waals surface area contributed by atoms with Gasteiger partial charge in [-0.3, -0.25) is 0 Å². The van der Waals surface area contributed by atoms with Crippen molar-refractivity contribution in [1.29, 1.82) is 0 Å². The molecule has 0 aliphatic rings. The first-order chi connectivity index (χ1) is 7.19. The maximum atomic E-state index is 11.2. The summed E-state index contributed by atoms with van der Waals surface area (Å²) in [6.07, 6.45) is 0. The van der Waals surface area contributed by atoms with Gasteiger partial charge in [0.05, 0.1) is 18.4 Å². The summed E-state index contributed by atoms with van der Waals surface area (Å²) in [5, 5.41) is 0. The lowest BCUT2D eigenvalue weighted by atomic mass is 10.1. The first-order valence-corrected chi connectivity index (χ1v) is 4.90. The van der Waals surface area contributed by atoms with E-state index >= 15 is 0 Å². The van der Waals surface area contributed by atoms with E-state index in [0.717, 1.165) is 0 Å². The average Bonchev–Trinajstić information content (AvgIpc) is 2.26. The van der Waals surface area contributed by atoms with Crippen molar-refractivity contribution in [1.82, 2.24) is 0 Å². The molecule has 15 heavy (non-hydrogen) atoms. The summed E-state index contributed by atoms with van der Waals surface area (Å²) in [6.45, 7) is 0. The van der Waals surface area contributed by atoms with Crippen LogP contribution < -0.4 is 5.73 Å². The summed E-state index contributed by atoms with van der Waals surface area (Å²) in [7, 11) is 1.33. The lowest BCUT2D eigenvalue weighted by molar-refractivity contribution is 0.0601. The van der Waals surface area contributed by atoms with Crippen LogP contribution in [0.4, 0.5) is 5.69 Å². The van der Waals surface area contributed by atoms with Crippen molar-refractivity contribution in [3.8, 4) is 11.8 Å². The molecule has 1 aromatic rings. The van der Waals surface area contributed by atoms with Crippen LogP contribution in [0.3, 0.4) is 0 Å². The highest BCUT2D eigenvalue weighted by Gasteiger charge is 2.06. The summed E-state index contributed by atoms with van der Waals surface area (Å²) in [4.78, 5) is 11.2. The SMILES string of the molecule is COC(=O)c1ccc(C#CCS)c(N)c1. The lowest BCUT2D eigenvalue weighted by Gasteiger charge is -2.02. The number of hydrogen-bond donors (Lipinski definition) is 2. The van der Waals surface area contributed by atoms with E-state index in [1.54, 1.807) is 18.2 Å². The number of esters is 1. The molecule has 3 nitrogen and oxygen atoms in total. The molecule has 0 saturated carbocycles. The normalized spacial score (nSPS) is 8.93. The van der Waals surface area contributed by atoms with Gasteiger partial charge in [-0.05, 0) is 18.2 Å². The number of methoxy groups -OCH3 is 1. The molecule has 0 aliphatic heterocycles. The molecule has 0 radical (unpaired) electrons. The van der Waals surface area contributed by atoms with Gasteiger partial charge < -0.3 is 10.5 Å². The van der Waals surface area contributed by atoms with Gasteiger partial charge in [0.25, 0.3) is 0 Å². The second-order valence-electron chi connectivity index (χ2n) is 2.75. The first-order valence-electron chi connectivity index (χ1n) is 4.26. The van der Waals surface area contributed by atoms with E-state index in [1.165, 1.54) is 7.11 Å². The highest BCUT2D eigenvalue weighted by molar-refractivity contribution is 7.80. The Kier molecular flexibility index (Phi) is 4.07. The van der Waals surface area contributed by atoms with Crippen LogP contribution >= 0.6 is 12.6 Å². The van der Waals surface area contributed by atoms with Crippen LogP contribution in [0, 0.1) is 11.8 Å². The van der Waals surface area contributed by atoms with Crippen molar-refractivity contribution < 1.29 is 9.53 Å². The molecular formula is C11H11NO2S. The highest BCUT2D eigenvalue weighted by Crippen LogP contribution is 2.13. The zero-order valence-corrected chi connectivity index (χ0v) is 9.17. The van der Waals surface area contributed by atoms with Crippen LogP contribution in [0.15, 0.2) is 18.2 Å². The molecule has 0 aromatic heterocycles. The molecule has 4 heteroatoms. The summed E-state index contributed by atoms with van der Waals surface area (Å²) >= 11 is 3.96. The highest BCUT2D eigenvalue weighted by atomic mass is 32.1. The molecule has 0 saturated heterocycles. The number of hydrogen-bond acceptors (Lipinski definition) is 4. The summed E-state index contributed by atoms with van der Waals surface area (Å²) < 4.78 is 4.57. The Hall–Kier alpha value is -1.60. The Morgan fingerprint density at radius 2 is 2.33 bits per heavy atom. The fourth-order valence-corrected chi connectivity index (χ4v) is 1.14. The predicted octanol–water partition coefficient (Wildman–Crippen LogP) is 1.34. The molecule has 1 aromatic carbocycles. The van der Waals surface area contributed by atoms with Crippen LogP contribution in [0.5, 0.6) is 0 Å². The first kappa shape index (κ1) is 11.5.